The lowest BCUT2D eigenvalue weighted by Gasteiger charge is -2.22. The number of rotatable bonds is 3. The van der Waals surface area contributed by atoms with Gasteiger partial charge in [0.25, 0.3) is 0 Å². The fourth-order valence-electron chi connectivity index (χ4n) is 2.04. The standard InChI is InChI=1S/C15H15F3N2O/c1-20(11-4-6-13(21)7-5-11)12-3-2-10(9-19)14(8-12)15(16,17)18/h2-8,21H,9,19H2,1H3. The molecular formula is C15H15F3N2O. The molecule has 2 aromatic carbocycles. The average molecular weight is 296 g/mol. The molecular weight excluding hydrogens is 281 g/mol. The Bertz CT molecular complexity index is 624. The zero-order chi connectivity index (χ0) is 15.6. The van der Waals surface area contributed by atoms with Crippen LogP contribution in [-0.2, 0) is 12.7 Å². The Kier molecular flexibility index (Phi) is 4.09. The van der Waals surface area contributed by atoms with Gasteiger partial charge in [-0.3, -0.25) is 0 Å². The third-order valence-electron chi connectivity index (χ3n) is 3.24. The van der Waals surface area contributed by atoms with Gasteiger partial charge in [-0.15, -0.1) is 0 Å². The first-order valence-electron chi connectivity index (χ1n) is 6.26. The maximum absolute atomic E-state index is 13.0. The molecule has 0 saturated carbocycles. The van der Waals surface area contributed by atoms with Crippen molar-refractivity contribution in [3.63, 3.8) is 0 Å². The van der Waals surface area contributed by atoms with E-state index in [1.54, 1.807) is 30.1 Å². The van der Waals surface area contributed by atoms with E-state index in [1.807, 2.05) is 0 Å². The van der Waals surface area contributed by atoms with E-state index in [9.17, 15) is 18.3 Å². The Morgan fingerprint density at radius 2 is 1.62 bits per heavy atom. The van der Waals surface area contributed by atoms with E-state index in [0.717, 1.165) is 6.07 Å². The smallest absolute Gasteiger partial charge is 0.416 e. The van der Waals surface area contributed by atoms with Crippen molar-refractivity contribution in [1.82, 2.24) is 0 Å². The minimum absolute atomic E-state index is 0.0605. The fourth-order valence-corrected chi connectivity index (χ4v) is 2.04. The molecule has 112 valence electrons. The Balaban J connectivity index is 2.42. The van der Waals surface area contributed by atoms with Crippen LogP contribution in [-0.4, -0.2) is 12.2 Å². The highest BCUT2D eigenvalue weighted by Gasteiger charge is 2.33. The molecule has 0 spiro atoms. The van der Waals surface area contributed by atoms with Crippen molar-refractivity contribution in [2.45, 2.75) is 12.7 Å². The minimum atomic E-state index is -4.44. The van der Waals surface area contributed by atoms with Gasteiger partial charge in [0.2, 0.25) is 0 Å². The van der Waals surface area contributed by atoms with Gasteiger partial charge in [-0.25, -0.2) is 0 Å². The van der Waals surface area contributed by atoms with Crippen molar-refractivity contribution in [3.8, 4) is 5.75 Å². The molecule has 21 heavy (non-hydrogen) atoms. The van der Waals surface area contributed by atoms with Gasteiger partial charge in [-0.05, 0) is 42.0 Å². The van der Waals surface area contributed by atoms with E-state index >= 15 is 0 Å². The van der Waals surface area contributed by atoms with Gasteiger partial charge < -0.3 is 15.7 Å². The van der Waals surface area contributed by atoms with Crippen LogP contribution in [0, 0.1) is 0 Å². The van der Waals surface area contributed by atoms with Gasteiger partial charge in [0.1, 0.15) is 5.75 Å². The number of hydrogen-bond acceptors (Lipinski definition) is 3. The van der Waals surface area contributed by atoms with Crippen molar-refractivity contribution in [3.05, 3.63) is 53.6 Å². The SMILES string of the molecule is CN(c1ccc(O)cc1)c1ccc(CN)c(C(F)(F)F)c1. The quantitative estimate of drug-likeness (QED) is 0.909. The van der Waals surface area contributed by atoms with E-state index in [1.165, 1.54) is 18.2 Å². The second-order valence-corrected chi connectivity index (χ2v) is 4.62. The molecule has 0 unspecified atom stereocenters. The Hall–Kier alpha value is -2.21. The highest BCUT2D eigenvalue weighted by molar-refractivity contribution is 5.64. The molecule has 0 amide bonds. The number of anilines is 2. The summed E-state index contributed by atoms with van der Waals surface area (Å²) in [6, 6.07) is 10.3. The van der Waals surface area contributed by atoms with Crippen LogP contribution >= 0.6 is 0 Å². The summed E-state index contributed by atoms with van der Waals surface area (Å²) >= 11 is 0. The first kappa shape index (κ1) is 15.2. The first-order valence-corrected chi connectivity index (χ1v) is 6.26. The van der Waals surface area contributed by atoms with Gasteiger partial charge in [0.05, 0.1) is 5.56 Å². The first-order chi connectivity index (χ1) is 9.82. The van der Waals surface area contributed by atoms with Crippen molar-refractivity contribution >= 4 is 11.4 Å². The molecule has 6 heteroatoms. The number of nitrogens with zero attached hydrogens (tertiary/aromatic N) is 1. The molecule has 0 atom stereocenters. The molecule has 3 N–H and O–H groups in total. The van der Waals surface area contributed by atoms with E-state index in [4.69, 9.17) is 5.73 Å². The average Bonchev–Trinajstić information content (AvgIpc) is 2.45. The number of phenols is 1. The van der Waals surface area contributed by atoms with Crippen molar-refractivity contribution in [2.75, 3.05) is 11.9 Å². The molecule has 0 fully saturated rings. The highest BCUT2D eigenvalue weighted by Crippen LogP contribution is 2.35. The maximum Gasteiger partial charge on any atom is 0.416 e. The van der Waals surface area contributed by atoms with Gasteiger partial charge in [0.15, 0.2) is 0 Å². The second kappa shape index (κ2) is 5.65. The summed E-state index contributed by atoms with van der Waals surface area (Å²) in [5.41, 5.74) is 5.75. The number of nitrogens with two attached hydrogens (primary N) is 1. The summed E-state index contributed by atoms with van der Waals surface area (Å²) in [4.78, 5) is 1.61. The largest absolute Gasteiger partial charge is 0.508 e. The lowest BCUT2D eigenvalue weighted by molar-refractivity contribution is -0.138. The molecule has 0 aromatic heterocycles. The van der Waals surface area contributed by atoms with Crippen LogP contribution in [0.3, 0.4) is 0 Å². The predicted molar refractivity (Wildman–Crippen MR) is 75.5 cm³/mol. The maximum atomic E-state index is 13.0. The van der Waals surface area contributed by atoms with Gasteiger partial charge >= 0.3 is 6.18 Å². The van der Waals surface area contributed by atoms with Crippen LogP contribution < -0.4 is 10.6 Å². The molecule has 0 aliphatic heterocycles. The summed E-state index contributed by atoms with van der Waals surface area (Å²) in [5.74, 6) is 0.0987. The van der Waals surface area contributed by atoms with Gasteiger partial charge in [-0.1, -0.05) is 6.07 Å². The van der Waals surface area contributed by atoms with E-state index in [-0.39, 0.29) is 17.9 Å². The molecule has 0 bridgehead atoms. The number of hydrogen-bond donors (Lipinski definition) is 2. The monoisotopic (exact) mass is 296 g/mol. The second-order valence-electron chi connectivity index (χ2n) is 4.62. The number of halogens is 3. The summed E-state index contributed by atoms with van der Waals surface area (Å²) in [7, 11) is 1.66. The van der Waals surface area contributed by atoms with Gasteiger partial charge in [-0.2, -0.15) is 13.2 Å². The molecule has 0 heterocycles. The van der Waals surface area contributed by atoms with Crippen LogP contribution in [0.25, 0.3) is 0 Å². The number of phenolic OH excluding ortho intramolecular Hbond substituents is 1. The Labute approximate surface area is 120 Å². The number of aromatic hydroxyl groups is 1. The van der Waals surface area contributed by atoms with Crippen molar-refractivity contribution in [2.24, 2.45) is 5.73 Å². The molecule has 3 nitrogen and oxygen atoms in total. The summed E-state index contributed by atoms with van der Waals surface area (Å²) in [5, 5.41) is 9.25. The van der Waals surface area contributed by atoms with Crippen molar-refractivity contribution < 1.29 is 18.3 Å². The molecule has 0 aliphatic carbocycles. The fraction of sp³-hybridized carbons (Fsp3) is 0.200. The number of alkyl halides is 3. The minimum Gasteiger partial charge on any atom is -0.508 e. The predicted octanol–water partition coefficient (Wildman–Crippen LogP) is 3.64. The third kappa shape index (κ3) is 3.28. The van der Waals surface area contributed by atoms with E-state index in [0.29, 0.717) is 11.4 Å². The zero-order valence-electron chi connectivity index (χ0n) is 11.4. The van der Waals surface area contributed by atoms with Crippen LogP contribution in [0.15, 0.2) is 42.5 Å². The zero-order valence-corrected chi connectivity index (χ0v) is 11.4. The van der Waals surface area contributed by atoms with E-state index < -0.39 is 11.7 Å². The van der Waals surface area contributed by atoms with Crippen LogP contribution in [0.1, 0.15) is 11.1 Å². The molecule has 0 aliphatic rings. The van der Waals surface area contributed by atoms with Crippen LogP contribution in [0.5, 0.6) is 5.75 Å². The lowest BCUT2D eigenvalue weighted by atomic mass is 10.1. The van der Waals surface area contributed by atoms with Crippen LogP contribution in [0.2, 0.25) is 0 Å². The van der Waals surface area contributed by atoms with Crippen molar-refractivity contribution in [1.29, 1.82) is 0 Å². The highest BCUT2D eigenvalue weighted by atomic mass is 19.4. The van der Waals surface area contributed by atoms with Gasteiger partial charge in [0, 0.05) is 25.0 Å². The normalized spacial score (nSPS) is 11.5. The molecule has 0 radical (unpaired) electrons. The Morgan fingerprint density at radius 3 is 2.14 bits per heavy atom. The van der Waals surface area contributed by atoms with E-state index in [2.05, 4.69) is 0 Å². The number of benzene rings is 2. The lowest BCUT2D eigenvalue weighted by Crippen LogP contribution is -2.15. The summed E-state index contributed by atoms with van der Waals surface area (Å²) in [6.45, 7) is -0.169. The summed E-state index contributed by atoms with van der Waals surface area (Å²) < 4.78 is 39.1. The molecule has 2 rings (SSSR count). The Morgan fingerprint density at radius 1 is 1.05 bits per heavy atom. The molecule has 2 aromatic rings. The van der Waals surface area contributed by atoms with Crippen LogP contribution in [0.4, 0.5) is 24.5 Å². The third-order valence-corrected chi connectivity index (χ3v) is 3.24. The topological polar surface area (TPSA) is 49.5 Å². The molecule has 0 saturated heterocycles. The summed E-state index contributed by atoms with van der Waals surface area (Å²) in [6.07, 6.45) is -4.44.